The molecule has 2 N–H and O–H groups in total. The number of imide groups is 1. The maximum Gasteiger partial charge on any atom is 0.325 e. The van der Waals surface area contributed by atoms with Crippen molar-refractivity contribution >= 4 is 34.6 Å². The van der Waals surface area contributed by atoms with Gasteiger partial charge in [0.25, 0.3) is 5.91 Å². The molecule has 2 aromatic heterocycles. The van der Waals surface area contributed by atoms with Crippen molar-refractivity contribution in [3.05, 3.63) is 48.4 Å². The highest BCUT2D eigenvalue weighted by Crippen LogP contribution is 2.33. The molecule has 1 saturated heterocycles. The molecule has 9 heteroatoms. The molecule has 0 bridgehead atoms. The second kappa shape index (κ2) is 7.26. The molecule has 5 rings (SSSR count). The Labute approximate surface area is 178 Å². The van der Waals surface area contributed by atoms with Gasteiger partial charge in [-0.15, -0.1) is 0 Å². The van der Waals surface area contributed by atoms with E-state index in [9.17, 15) is 14.4 Å². The van der Waals surface area contributed by atoms with Crippen LogP contribution in [0.2, 0.25) is 0 Å². The molecule has 3 aromatic rings. The molecule has 3 heterocycles. The molecular formula is C22H23N5O4. The summed E-state index contributed by atoms with van der Waals surface area (Å²) in [6, 6.07) is 10.4. The lowest BCUT2D eigenvalue weighted by Gasteiger charge is -2.19. The van der Waals surface area contributed by atoms with Crippen molar-refractivity contribution in [1.29, 1.82) is 0 Å². The fourth-order valence-electron chi connectivity index (χ4n) is 4.41. The number of hydrogen-bond acceptors (Lipinski definition) is 5. The number of furan rings is 1. The quantitative estimate of drug-likeness (QED) is 0.615. The fraction of sp³-hybridized carbons (Fsp3) is 0.364. The zero-order valence-electron chi connectivity index (χ0n) is 17.1. The first-order chi connectivity index (χ1) is 15.0. The minimum atomic E-state index is -1.37. The number of aromatic nitrogens is 2. The second-order valence-electron chi connectivity index (χ2n) is 8.24. The van der Waals surface area contributed by atoms with E-state index in [-0.39, 0.29) is 6.04 Å². The van der Waals surface area contributed by atoms with Crippen molar-refractivity contribution in [2.45, 2.75) is 44.2 Å². The lowest BCUT2D eigenvalue weighted by atomic mass is 9.99. The van der Waals surface area contributed by atoms with Gasteiger partial charge in [0, 0.05) is 11.5 Å². The SMILES string of the molecule is C[C@@]1(c2cc3ccccc3o2)NC(=O)N(CC(=O)Nc2ccnn2C2CCCC2)C1=O. The van der Waals surface area contributed by atoms with Gasteiger partial charge >= 0.3 is 6.03 Å². The van der Waals surface area contributed by atoms with Crippen molar-refractivity contribution in [3.8, 4) is 0 Å². The highest BCUT2D eigenvalue weighted by Gasteiger charge is 2.51. The van der Waals surface area contributed by atoms with Gasteiger partial charge in [-0.3, -0.25) is 14.5 Å². The van der Waals surface area contributed by atoms with Crippen molar-refractivity contribution in [2.75, 3.05) is 11.9 Å². The Kier molecular flexibility index (Phi) is 4.53. The van der Waals surface area contributed by atoms with Crippen LogP contribution in [0.1, 0.15) is 44.4 Å². The first-order valence-electron chi connectivity index (χ1n) is 10.4. The molecule has 1 saturated carbocycles. The van der Waals surface area contributed by atoms with Crippen molar-refractivity contribution in [3.63, 3.8) is 0 Å². The van der Waals surface area contributed by atoms with Gasteiger partial charge < -0.3 is 15.1 Å². The molecule has 0 unspecified atom stereocenters. The zero-order chi connectivity index (χ0) is 21.6. The van der Waals surface area contributed by atoms with E-state index in [2.05, 4.69) is 15.7 Å². The third-order valence-electron chi connectivity index (χ3n) is 6.10. The van der Waals surface area contributed by atoms with E-state index < -0.39 is 29.9 Å². The zero-order valence-corrected chi connectivity index (χ0v) is 17.1. The van der Waals surface area contributed by atoms with Crippen LogP contribution in [0.5, 0.6) is 0 Å². The number of carbonyl (C=O) groups excluding carboxylic acids is 3. The number of carbonyl (C=O) groups is 3. The van der Waals surface area contributed by atoms with Crippen LogP contribution >= 0.6 is 0 Å². The summed E-state index contributed by atoms with van der Waals surface area (Å²) >= 11 is 0. The monoisotopic (exact) mass is 421 g/mol. The van der Waals surface area contributed by atoms with Crippen LogP contribution in [-0.4, -0.2) is 39.1 Å². The van der Waals surface area contributed by atoms with E-state index in [0.717, 1.165) is 36.0 Å². The summed E-state index contributed by atoms with van der Waals surface area (Å²) in [5.74, 6) is -0.0913. The van der Waals surface area contributed by atoms with E-state index >= 15 is 0 Å². The minimum absolute atomic E-state index is 0.262. The third-order valence-corrected chi connectivity index (χ3v) is 6.10. The molecule has 4 amide bonds. The summed E-state index contributed by atoms with van der Waals surface area (Å²) in [6.07, 6.45) is 5.96. The molecule has 2 fully saturated rings. The number of rotatable bonds is 5. The topological polar surface area (TPSA) is 109 Å². The third kappa shape index (κ3) is 3.26. The average Bonchev–Trinajstić information content (AvgIpc) is 3.52. The highest BCUT2D eigenvalue weighted by molar-refractivity contribution is 6.10. The first kappa shape index (κ1) is 19.3. The Morgan fingerprint density at radius 1 is 1.26 bits per heavy atom. The molecule has 1 aromatic carbocycles. The Bertz CT molecular complexity index is 1140. The van der Waals surface area contributed by atoms with Gasteiger partial charge in [-0.1, -0.05) is 31.0 Å². The van der Waals surface area contributed by atoms with Gasteiger partial charge in [-0.25, -0.2) is 9.48 Å². The van der Waals surface area contributed by atoms with Gasteiger partial charge in [0.05, 0.1) is 12.2 Å². The number of nitrogens with one attached hydrogen (secondary N) is 2. The van der Waals surface area contributed by atoms with Crippen LogP contribution in [0.4, 0.5) is 10.6 Å². The van der Waals surface area contributed by atoms with E-state index in [1.807, 2.05) is 22.9 Å². The standard InChI is InChI=1S/C22H23N5O4/c1-22(17-12-14-6-2-5-9-16(14)31-17)20(29)26(21(30)25-22)13-19(28)24-18-10-11-23-27(18)15-7-3-4-8-15/h2,5-6,9-12,15H,3-4,7-8,13H2,1H3,(H,24,28)(H,25,30)/t22-/m0/s1. The van der Waals surface area contributed by atoms with Crippen LogP contribution in [0, 0.1) is 0 Å². The predicted octanol–water partition coefficient (Wildman–Crippen LogP) is 3.15. The smallest absolute Gasteiger partial charge is 0.325 e. The Morgan fingerprint density at radius 2 is 2.03 bits per heavy atom. The molecule has 2 aliphatic rings. The normalized spacial score (nSPS) is 21.8. The van der Waals surface area contributed by atoms with Crippen LogP contribution < -0.4 is 10.6 Å². The van der Waals surface area contributed by atoms with Gasteiger partial charge in [0.1, 0.15) is 23.7 Å². The summed E-state index contributed by atoms with van der Waals surface area (Å²) < 4.78 is 7.63. The lowest BCUT2D eigenvalue weighted by Crippen LogP contribution is -2.42. The average molecular weight is 421 g/mol. The summed E-state index contributed by atoms with van der Waals surface area (Å²) in [7, 11) is 0. The number of amides is 4. The Morgan fingerprint density at radius 3 is 2.81 bits per heavy atom. The maximum absolute atomic E-state index is 13.1. The maximum atomic E-state index is 13.1. The fourth-order valence-corrected chi connectivity index (χ4v) is 4.41. The number of para-hydroxylation sites is 1. The van der Waals surface area contributed by atoms with Crippen molar-refractivity contribution in [2.24, 2.45) is 0 Å². The Hall–Kier alpha value is -3.62. The Balaban J connectivity index is 1.32. The van der Waals surface area contributed by atoms with Crippen LogP contribution in [0.15, 0.2) is 47.0 Å². The van der Waals surface area contributed by atoms with E-state index in [4.69, 9.17) is 4.42 Å². The molecule has 31 heavy (non-hydrogen) atoms. The summed E-state index contributed by atoms with van der Waals surface area (Å²) in [4.78, 5) is 39.3. The van der Waals surface area contributed by atoms with E-state index in [0.29, 0.717) is 17.2 Å². The molecule has 0 spiro atoms. The van der Waals surface area contributed by atoms with Crippen molar-refractivity contribution < 1.29 is 18.8 Å². The van der Waals surface area contributed by atoms with E-state index in [1.165, 1.54) is 0 Å². The second-order valence-corrected chi connectivity index (χ2v) is 8.24. The number of benzene rings is 1. The molecule has 1 atom stereocenters. The van der Waals surface area contributed by atoms with E-state index in [1.54, 1.807) is 31.3 Å². The van der Waals surface area contributed by atoms with Crippen LogP contribution in [-0.2, 0) is 15.1 Å². The molecule has 1 aliphatic heterocycles. The summed E-state index contributed by atoms with van der Waals surface area (Å²) in [6.45, 7) is 1.19. The summed E-state index contributed by atoms with van der Waals surface area (Å²) in [5.41, 5.74) is -0.751. The molecule has 9 nitrogen and oxygen atoms in total. The number of urea groups is 1. The largest absolute Gasteiger partial charge is 0.458 e. The summed E-state index contributed by atoms with van der Waals surface area (Å²) in [5, 5.41) is 10.6. The van der Waals surface area contributed by atoms with Gasteiger partial charge in [-0.05, 0) is 31.9 Å². The van der Waals surface area contributed by atoms with Crippen LogP contribution in [0.3, 0.4) is 0 Å². The van der Waals surface area contributed by atoms with Crippen LogP contribution in [0.25, 0.3) is 11.0 Å². The predicted molar refractivity (Wildman–Crippen MR) is 112 cm³/mol. The number of fused-ring (bicyclic) bond motifs is 1. The van der Waals surface area contributed by atoms with Crippen molar-refractivity contribution in [1.82, 2.24) is 20.0 Å². The van der Waals surface area contributed by atoms with Gasteiger partial charge in [0.2, 0.25) is 5.91 Å². The molecule has 1 aliphatic carbocycles. The molecule has 160 valence electrons. The minimum Gasteiger partial charge on any atom is -0.458 e. The lowest BCUT2D eigenvalue weighted by molar-refractivity contribution is -0.134. The first-order valence-corrected chi connectivity index (χ1v) is 10.4. The molecule has 0 radical (unpaired) electrons. The highest BCUT2D eigenvalue weighted by atomic mass is 16.3. The van der Waals surface area contributed by atoms with Gasteiger partial charge in [0.15, 0.2) is 5.54 Å². The van der Waals surface area contributed by atoms with Gasteiger partial charge in [-0.2, -0.15) is 5.10 Å². The number of hydrogen-bond donors (Lipinski definition) is 2. The molecular weight excluding hydrogens is 398 g/mol. The number of nitrogens with zero attached hydrogens (tertiary/aromatic N) is 3. The number of anilines is 1.